The highest BCUT2D eigenvalue weighted by Crippen LogP contribution is 2.20. The van der Waals surface area contributed by atoms with Crippen LogP contribution in [0.4, 0.5) is 0 Å². The van der Waals surface area contributed by atoms with Gasteiger partial charge in [0, 0.05) is 36.6 Å². The fraction of sp³-hybridized carbons (Fsp3) is 0.542. The number of rotatable bonds is 8. The van der Waals surface area contributed by atoms with Gasteiger partial charge in [-0.3, -0.25) is 9.59 Å². The number of hydrogen-bond acceptors (Lipinski definition) is 4. The van der Waals surface area contributed by atoms with Crippen molar-refractivity contribution in [3.8, 4) is 5.69 Å². The Balaban J connectivity index is 1.62. The summed E-state index contributed by atoms with van der Waals surface area (Å²) in [4.78, 5) is 25.8. The molecule has 1 aliphatic rings. The topological polar surface area (TPSA) is 77.7 Å². The van der Waals surface area contributed by atoms with Gasteiger partial charge < -0.3 is 15.0 Å². The van der Waals surface area contributed by atoms with Crippen LogP contribution in [0.1, 0.15) is 59.9 Å². The van der Waals surface area contributed by atoms with Gasteiger partial charge >= 0.3 is 5.97 Å². The Morgan fingerprint density at radius 1 is 1.19 bits per heavy atom. The van der Waals surface area contributed by atoms with Crippen LogP contribution in [0.5, 0.6) is 0 Å². The number of aryl methyl sites for hydroxylation is 1. The summed E-state index contributed by atoms with van der Waals surface area (Å²) in [5.41, 5.74) is 4.53. The summed E-state index contributed by atoms with van der Waals surface area (Å²) >= 11 is 0. The minimum atomic E-state index is -0.223. The highest BCUT2D eigenvalue weighted by Gasteiger charge is 2.23. The zero-order valence-corrected chi connectivity index (χ0v) is 19.2. The van der Waals surface area contributed by atoms with E-state index >= 15 is 0 Å². The van der Waals surface area contributed by atoms with E-state index in [1.165, 1.54) is 20.1 Å². The molecule has 2 N–H and O–H groups in total. The van der Waals surface area contributed by atoms with Gasteiger partial charge in [0.1, 0.15) is 0 Å². The third-order valence-corrected chi connectivity index (χ3v) is 6.25. The zero-order chi connectivity index (χ0) is 22.4. The Bertz CT molecular complexity index is 896. The molecular weight excluding hydrogens is 392 g/mol. The summed E-state index contributed by atoms with van der Waals surface area (Å²) in [6.07, 6.45) is 4.23. The fourth-order valence-corrected chi connectivity index (χ4v) is 4.41. The molecule has 0 saturated carbocycles. The first-order valence-corrected chi connectivity index (χ1v) is 11.3. The van der Waals surface area contributed by atoms with Crippen molar-refractivity contribution in [2.45, 2.75) is 58.9 Å². The van der Waals surface area contributed by atoms with Crippen molar-refractivity contribution in [3.05, 3.63) is 46.8 Å². The Morgan fingerprint density at radius 2 is 1.87 bits per heavy atom. The van der Waals surface area contributed by atoms with E-state index in [0.717, 1.165) is 48.6 Å². The molecular formula is C24H35N4O3+. The van der Waals surface area contributed by atoms with Gasteiger partial charge in [0.25, 0.3) is 5.91 Å². The molecule has 3 rings (SSSR count). The normalized spacial score (nSPS) is 18.6. The van der Waals surface area contributed by atoms with Gasteiger partial charge in [-0.15, -0.1) is 0 Å². The summed E-state index contributed by atoms with van der Waals surface area (Å²) in [6.45, 7) is 9.66. The number of nitrogens with one attached hydrogen (secondary N) is 2. The van der Waals surface area contributed by atoms with Gasteiger partial charge in [0.15, 0.2) is 0 Å². The molecule has 1 aliphatic heterocycles. The lowest BCUT2D eigenvalue weighted by molar-refractivity contribution is -0.905. The molecule has 0 radical (unpaired) electrons. The van der Waals surface area contributed by atoms with E-state index in [4.69, 9.17) is 4.74 Å². The van der Waals surface area contributed by atoms with Crippen molar-refractivity contribution in [2.24, 2.45) is 0 Å². The number of carbonyl (C=O) groups excluding carboxylic acids is 2. The van der Waals surface area contributed by atoms with Crippen molar-refractivity contribution in [1.29, 1.82) is 0 Å². The van der Waals surface area contributed by atoms with Crippen LogP contribution in [0.15, 0.2) is 24.3 Å². The molecule has 1 aromatic carbocycles. The van der Waals surface area contributed by atoms with Crippen molar-refractivity contribution >= 4 is 11.9 Å². The third kappa shape index (κ3) is 5.73. The van der Waals surface area contributed by atoms with Crippen molar-refractivity contribution in [1.82, 2.24) is 15.1 Å². The van der Waals surface area contributed by atoms with E-state index in [2.05, 4.69) is 17.3 Å². The smallest absolute Gasteiger partial charge is 0.305 e. The van der Waals surface area contributed by atoms with Gasteiger partial charge in [0.05, 0.1) is 38.1 Å². The standard InChI is InChI=1S/C24H34N4O3/c1-5-14-27-15-12-20(13-16-27)25-24(30)19-6-8-21(9-7-19)28-18(3)22(17(2)26-28)10-11-23(29)31-4/h6-9,20H,5,10-16H2,1-4H3,(H,25,30)/p+1. The summed E-state index contributed by atoms with van der Waals surface area (Å²) in [6, 6.07) is 7.82. The first-order chi connectivity index (χ1) is 14.9. The monoisotopic (exact) mass is 427 g/mol. The third-order valence-electron chi connectivity index (χ3n) is 6.25. The number of hydrogen-bond donors (Lipinski definition) is 2. The number of quaternary nitrogens is 1. The maximum atomic E-state index is 12.7. The second kappa shape index (κ2) is 10.6. The van der Waals surface area contributed by atoms with Crippen molar-refractivity contribution < 1.29 is 19.2 Å². The molecule has 1 fully saturated rings. The van der Waals surface area contributed by atoms with Gasteiger partial charge in [-0.25, -0.2) is 4.68 Å². The molecule has 0 spiro atoms. The lowest BCUT2D eigenvalue weighted by Gasteiger charge is -2.29. The number of methoxy groups -OCH3 is 1. The van der Waals surface area contributed by atoms with E-state index in [9.17, 15) is 9.59 Å². The number of nitrogens with zero attached hydrogens (tertiary/aromatic N) is 2. The van der Waals surface area contributed by atoms with Crippen molar-refractivity contribution in [3.63, 3.8) is 0 Å². The van der Waals surface area contributed by atoms with E-state index < -0.39 is 0 Å². The lowest BCUT2D eigenvalue weighted by atomic mass is 10.0. The highest BCUT2D eigenvalue weighted by atomic mass is 16.5. The fourth-order valence-electron chi connectivity index (χ4n) is 4.41. The number of benzene rings is 1. The molecule has 168 valence electrons. The number of aromatic nitrogens is 2. The summed E-state index contributed by atoms with van der Waals surface area (Å²) in [5, 5.41) is 7.83. The van der Waals surface area contributed by atoms with Crippen LogP contribution < -0.4 is 10.2 Å². The van der Waals surface area contributed by atoms with Gasteiger partial charge in [-0.1, -0.05) is 6.92 Å². The predicted octanol–water partition coefficient (Wildman–Crippen LogP) is 1.78. The molecule has 1 saturated heterocycles. The van der Waals surface area contributed by atoms with Crippen molar-refractivity contribution in [2.75, 3.05) is 26.7 Å². The minimum absolute atomic E-state index is 0.0115. The average molecular weight is 428 g/mol. The Labute approximate surface area is 184 Å². The second-order valence-corrected chi connectivity index (χ2v) is 8.43. The number of esters is 1. The molecule has 0 aliphatic carbocycles. The molecule has 2 aromatic rings. The number of piperidine rings is 1. The molecule has 2 heterocycles. The maximum absolute atomic E-state index is 12.7. The zero-order valence-electron chi connectivity index (χ0n) is 19.2. The molecule has 0 unspecified atom stereocenters. The van der Waals surface area contributed by atoms with E-state index in [0.29, 0.717) is 18.4 Å². The van der Waals surface area contributed by atoms with Crippen LogP contribution in [0.2, 0.25) is 0 Å². The summed E-state index contributed by atoms with van der Waals surface area (Å²) in [5.74, 6) is -0.234. The maximum Gasteiger partial charge on any atom is 0.305 e. The molecule has 0 atom stereocenters. The molecule has 1 aromatic heterocycles. The molecule has 1 amide bonds. The van der Waals surface area contributed by atoms with E-state index in [1.807, 2.05) is 42.8 Å². The Morgan fingerprint density at radius 3 is 2.48 bits per heavy atom. The minimum Gasteiger partial charge on any atom is -0.469 e. The van der Waals surface area contributed by atoms with Gasteiger partial charge in [0.2, 0.25) is 0 Å². The van der Waals surface area contributed by atoms with Crippen LogP contribution in [-0.2, 0) is 16.0 Å². The van der Waals surface area contributed by atoms with Crippen LogP contribution in [0, 0.1) is 13.8 Å². The average Bonchev–Trinajstić information content (AvgIpc) is 3.07. The molecule has 0 bridgehead atoms. The van der Waals surface area contributed by atoms with Crippen LogP contribution in [-0.4, -0.2) is 54.4 Å². The van der Waals surface area contributed by atoms with E-state index in [1.54, 1.807) is 4.90 Å². The van der Waals surface area contributed by atoms with E-state index in [-0.39, 0.29) is 17.9 Å². The number of ether oxygens (including phenoxy) is 1. The second-order valence-electron chi connectivity index (χ2n) is 8.43. The molecule has 7 heteroatoms. The highest BCUT2D eigenvalue weighted by molar-refractivity contribution is 5.94. The Kier molecular flexibility index (Phi) is 7.85. The van der Waals surface area contributed by atoms with Crippen LogP contribution >= 0.6 is 0 Å². The van der Waals surface area contributed by atoms with Gasteiger partial charge in [-0.2, -0.15) is 5.10 Å². The van der Waals surface area contributed by atoms with Crippen LogP contribution in [0.3, 0.4) is 0 Å². The first kappa shape index (κ1) is 23.0. The quantitative estimate of drug-likeness (QED) is 0.630. The number of carbonyl (C=O) groups is 2. The molecule has 7 nitrogen and oxygen atoms in total. The number of amides is 1. The summed E-state index contributed by atoms with van der Waals surface area (Å²) < 4.78 is 6.61. The number of likely N-dealkylation sites (tertiary alicyclic amines) is 1. The van der Waals surface area contributed by atoms with Gasteiger partial charge in [-0.05, 0) is 56.5 Å². The molecule has 31 heavy (non-hydrogen) atoms. The SMILES string of the molecule is CCC[NH+]1CCC(NC(=O)c2ccc(-n3nc(C)c(CCC(=O)OC)c3C)cc2)CC1. The first-order valence-electron chi connectivity index (χ1n) is 11.3. The summed E-state index contributed by atoms with van der Waals surface area (Å²) in [7, 11) is 1.40. The predicted molar refractivity (Wildman–Crippen MR) is 120 cm³/mol. The van der Waals surface area contributed by atoms with Crippen LogP contribution in [0.25, 0.3) is 5.69 Å². The largest absolute Gasteiger partial charge is 0.469 e. The lowest BCUT2D eigenvalue weighted by Crippen LogP contribution is -3.13. The Hall–Kier alpha value is -2.67.